The van der Waals surface area contributed by atoms with Gasteiger partial charge in [0, 0.05) is 22.4 Å². The summed E-state index contributed by atoms with van der Waals surface area (Å²) < 4.78 is 13.1. The number of phenols is 1. The van der Waals surface area contributed by atoms with Crippen molar-refractivity contribution >= 4 is 46.1 Å². The molecular formula is C27H27Cl2NO3S. The van der Waals surface area contributed by atoms with Crippen molar-refractivity contribution in [2.24, 2.45) is 0 Å². The first-order valence-electron chi connectivity index (χ1n) is 11.3. The number of hydrogen-bond donors (Lipinski definition) is 1. The highest BCUT2D eigenvalue weighted by molar-refractivity contribution is 7.19. The Morgan fingerprint density at radius 3 is 2.38 bits per heavy atom. The molecule has 1 aliphatic heterocycles. The molecule has 1 saturated heterocycles. The van der Waals surface area contributed by atoms with E-state index in [1.54, 1.807) is 12.1 Å². The van der Waals surface area contributed by atoms with Gasteiger partial charge >= 0.3 is 0 Å². The van der Waals surface area contributed by atoms with Crippen LogP contribution in [0.3, 0.4) is 0 Å². The zero-order valence-corrected chi connectivity index (χ0v) is 21.1. The van der Waals surface area contributed by atoms with Crippen molar-refractivity contribution in [2.75, 3.05) is 26.2 Å². The minimum atomic E-state index is 0. The van der Waals surface area contributed by atoms with Crippen molar-refractivity contribution in [3.63, 3.8) is 0 Å². The van der Waals surface area contributed by atoms with Crippen molar-refractivity contribution < 1.29 is 14.6 Å². The zero-order chi connectivity index (χ0) is 22.6. The molecule has 34 heavy (non-hydrogen) atoms. The first-order valence-corrected chi connectivity index (χ1v) is 12.5. The predicted octanol–water partition coefficient (Wildman–Crippen LogP) is 8.01. The molecule has 1 aliphatic rings. The molecule has 1 fully saturated rings. The van der Waals surface area contributed by atoms with Crippen LogP contribution in [0.5, 0.6) is 23.0 Å². The number of phenolic OH excluding ortho intramolecular Hbond substituents is 1. The van der Waals surface area contributed by atoms with Gasteiger partial charge in [-0.1, -0.05) is 24.1 Å². The quantitative estimate of drug-likeness (QED) is 0.270. The van der Waals surface area contributed by atoms with Crippen molar-refractivity contribution in [3.8, 4) is 33.4 Å². The largest absolute Gasteiger partial charge is 0.508 e. The molecule has 4 nitrogen and oxygen atoms in total. The Labute approximate surface area is 215 Å². The lowest BCUT2D eigenvalue weighted by Crippen LogP contribution is -2.33. The third-order valence-corrected chi connectivity index (χ3v) is 7.23. The highest BCUT2D eigenvalue weighted by atomic mass is 35.5. The summed E-state index contributed by atoms with van der Waals surface area (Å²) in [6.45, 7) is 4.01. The zero-order valence-electron chi connectivity index (χ0n) is 18.7. The minimum absolute atomic E-state index is 0. The third-order valence-electron chi connectivity index (χ3n) is 5.96. The fraction of sp³-hybridized carbons (Fsp3) is 0.259. The van der Waals surface area contributed by atoms with E-state index >= 15 is 0 Å². The number of likely N-dealkylation sites (tertiary alicyclic amines) is 1. The van der Waals surface area contributed by atoms with Gasteiger partial charge in [-0.3, -0.25) is 4.90 Å². The molecule has 0 bridgehead atoms. The normalized spacial score (nSPS) is 14.0. The first-order chi connectivity index (χ1) is 16.2. The van der Waals surface area contributed by atoms with Gasteiger partial charge in [0.05, 0.1) is 4.34 Å². The molecule has 0 aliphatic carbocycles. The van der Waals surface area contributed by atoms with Crippen molar-refractivity contribution in [1.29, 1.82) is 0 Å². The third kappa shape index (κ3) is 5.78. The summed E-state index contributed by atoms with van der Waals surface area (Å²) in [5.41, 5.74) is 0.965. The highest BCUT2D eigenvalue weighted by Crippen LogP contribution is 2.43. The second-order valence-electron chi connectivity index (χ2n) is 8.28. The summed E-state index contributed by atoms with van der Waals surface area (Å²) in [5, 5.41) is 11.8. The Kier molecular flexibility index (Phi) is 8.22. The standard InChI is InChI=1S/C27H26ClNO3S.ClH/c28-26-13-12-25(33-26)24-10-4-19-18-20(30)5-11-23(19)27(24)32-22-8-6-21(7-9-22)31-17-16-29-14-2-1-3-15-29;/h4-13,18,30H,1-3,14-17H2;1H. The maximum absolute atomic E-state index is 9.91. The lowest BCUT2D eigenvalue weighted by Gasteiger charge is -2.26. The van der Waals surface area contributed by atoms with E-state index in [9.17, 15) is 5.11 Å². The van der Waals surface area contributed by atoms with Crippen molar-refractivity contribution in [2.45, 2.75) is 19.3 Å². The number of benzene rings is 3. The SMILES string of the molecule is Cl.Oc1ccc2c(Oc3ccc(OCCN4CCCCC4)cc3)c(-c3ccc(Cl)s3)ccc2c1. The van der Waals surface area contributed by atoms with Crippen LogP contribution < -0.4 is 9.47 Å². The Hall–Kier alpha value is -2.44. The van der Waals surface area contributed by atoms with Crippen LogP contribution in [0, 0.1) is 0 Å². The molecule has 1 N–H and O–H groups in total. The van der Waals surface area contributed by atoms with Crippen LogP contribution in [0.4, 0.5) is 0 Å². The van der Waals surface area contributed by atoms with Gasteiger partial charge in [0.25, 0.3) is 0 Å². The molecule has 5 rings (SSSR count). The van der Waals surface area contributed by atoms with E-state index in [2.05, 4.69) is 4.90 Å². The van der Waals surface area contributed by atoms with Gasteiger partial charge in [-0.2, -0.15) is 0 Å². The first kappa shape index (κ1) is 24.7. The number of fused-ring (bicyclic) bond motifs is 1. The maximum atomic E-state index is 9.91. The van der Waals surface area contributed by atoms with Gasteiger partial charge in [0.2, 0.25) is 0 Å². The van der Waals surface area contributed by atoms with E-state index in [1.807, 2.05) is 54.6 Å². The Balaban J connectivity index is 0.00000274. The lowest BCUT2D eigenvalue weighted by atomic mass is 10.0. The van der Waals surface area contributed by atoms with Gasteiger partial charge in [-0.25, -0.2) is 0 Å². The predicted molar refractivity (Wildman–Crippen MR) is 143 cm³/mol. The lowest BCUT2D eigenvalue weighted by molar-refractivity contribution is 0.183. The van der Waals surface area contributed by atoms with Crippen LogP contribution in [0.15, 0.2) is 66.7 Å². The number of aromatic hydroxyl groups is 1. The Morgan fingerprint density at radius 2 is 1.65 bits per heavy atom. The number of ether oxygens (including phenoxy) is 2. The van der Waals surface area contributed by atoms with Crippen LogP contribution >= 0.6 is 35.3 Å². The molecular weight excluding hydrogens is 489 g/mol. The summed E-state index contributed by atoms with van der Waals surface area (Å²) in [5.74, 6) is 2.53. The van der Waals surface area contributed by atoms with Crippen LogP contribution in [0.25, 0.3) is 21.2 Å². The molecule has 3 aromatic carbocycles. The van der Waals surface area contributed by atoms with E-state index in [0.717, 1.165) is 49.3 Å². The van der Waals surface area contributed by atoms with Crippen LogP contribution in [0.1, 0.15) is 19.3 Å². The van der Waals surface area contributed by atoms with E-state index in [4.69, 9.17) is 21.1 Å². The number of halogens is 2. The van der Waals surface area contributed by atoms with E-state index in [0.29, 0.717) is 6.61 Å². The van der Waals surface area contributed by atoms with Crippen LogP contribution in [-0.4, -0.2) is 36.2 Å². The second kappa shape index (κ2) is 11.3. The summed E-state index contributed by atoms with van der Waals surface area (Å²) in [7, 11) is 0. The van der Waals surface area contributed by atoms with Gasteiger partial charge in [-0.15, -0.1) is 23.7 Å². The maximum Gasteiger partial charge on any atom is 0.143 e. The molecule has 0 atom stereocenters. The summed E-state index contributed by atoms with van der Waals surface area (Å²) in [6.07, 6.45) is 3.93. The molecule has 0 spiro atoms. The van der Waals surface area contributed by atoms with Crippen LogP contribution in [0.2, 0.25) is 4.34 Å². The fourth-order valence-corrected chi connectivity index (χ4v) is 5.31. The average molecular weight is 516 g/mol. The monoisotopic (exact) mass is 515 g/mol. The fourth-order valence-electron chi connectivity index (χ4n) is 4.25. The smallest absolute Gasteiger partial charge is 0.143 e. The van der Waals surface area contributed by atoms with Gasteiger partial charge in [0.1, 0.15) is 29.6 Å². The second-order valence-corrected chi connectivity index (χ2v) is 9.99. The number of piperidine rings is 1. The molecule has 0 radical (unpaired) electrons. The molecule has 1 aromatic heterocycles. The molecule has 4 aromatic rings. The molecule has 0 amide bonds. The Morgan fingerprint density at radius 1 is 0.882 bits per heavy atom. The Bertz CT molecular complexity index is 1240. The summed E-state index contributed by atoms with van der Waals surface area (Å²) >= 11 is 7.71. The van der Waals surface area contributed by atoms with Crippen molar-refractivity contribution in [3.05, 3.63) is 71.1 Å². The van der Waals surface area contributed by atoms with Crippen molar-refractivity contribution in [1.82, 2.24) is 4.90 Å². The topological polar surface area (TPSA) is 41.9 Å². The number of rotatable bonds is 7. The van der Waals surface area contributed by atoms with Gasteiger partial charge in [0.15, 0.2) is 0 Å². The molecule has 178 valence electrons. The van der Waals surface area contributed by atoms with E-state index in [-0.39, 0.29) is 18.2 Å². The number of thiophene rings is 1. The molecule has 0 unspecified atom stereocenters. The van der Waals surface area contributed by atoms with Gasteiger partial charge < -0.3 is 14.6 Å². The molecule has 0 saturated carbocycles. The summed E-state index contributed by atoms with van der Waals surface area (Å²) in [6, 6.07) is 21.0. The average Bonchev–Trinajstić information content (AvgIpc) is 3.27. The van der Waals surface area contributed by atoms with Gasteiger partial charge in [-0.05, 0) is 92.0 Å². The summed E-state index contributed by atoms with van der Waals surface area (Å²) in [4.78, 5) is 3.50. The molecule has 2 heterocycles. The number of hydrogen-bond acceptors (Lipinski definition) is 5. The minimum Gasteiger partial charge on any atom is -0.508 e. The number of nitrogens with zero attached hydrogens (tertiary/aromatic N) is 1. The van der Waals surface area contributed by atoms with Crippen LogP contribution in [-0.2, 0) is 0 Å². The molecule has 7 heteroatoms. The van der Waals surface area contributed by atoms with E-state index in [1.165, 1.54) is 43.7 Å². The highest BCUT2D eigenvalue weighted by Gasteiger charge is 2.15. The van der Waals surface area contributed by atoms with E-state index < -0.39 is 0 Å².